The van der Waals surface area contributed by atoms with Crippen LogP contribution in [0.4, 0.5) is 15.9 Å². The Morgan fingerprint density at radius 1 is 1.17 bits per heavy atom. The summed E-state index contributed by atoms with van der Waals surface area (Å²) in [5.74, 6) is -0.913. The van der Waals surface area contributed by atoms with Crippen molar-refractivity contribution in [2.24, 2.45) is 5.73 Å². The highest BCUT2D eigenvalue weighted by Crippen LogP contribution is 2.30. The number of esters is 1. The molecule has 3 rings (SSSR count). The minimum Gasteiger partial charge on any atom is -0.460 e. The van der Waals surface area contributed by atoms with Gasteiger partial charge in [-0.2, -0.15) is 0 Å². The Bertz CT molecular complexity index is 1250. The maximum atomic E-state index is 14.5. The summed E-state index contributed by atoms with van der Waals surface area (Å²) in [6.07, 6.45) is 3.97. The standard InChI is InChI=1S/C25H28ClFN6O3/c1-13(2)18-12-30-22(17-9-16(26)5-6-20(17)27)33-23(18)32-21-7-8-29-11-19(21)24(34)31-10-14(3)36-25(35)15(4)28/h5-9,11-15H,10,28H2,1-4H3,(H,31,34)(H,29,30,32,33)/t14-,15+/m0/s1. The second kappa shape index (κ2) is 11.9. The minimum absolute atomic E-state index is 0.0327. The average molecular weight is 515 g/mol. The summed E-state index contributed by atoms with van der Waals surface area (Å²) < 4.78 is 19.6. The molecule has 2 heterocycles. The number of pyridine rings is 1. The predicted octanol–water partition coefficient (Wildman–Crippen LogP) is 4.21. The summed E-state index contributed by atoms with van der Waals surface area (Å²) >= 11 is 6.05. The molecule has 0 unspecified atom stereocenters. The van der Waals surface area contributed by atoms with E-state index in [4.69, 9.17) is 22.1 Å². The molecule has 0 aliphatic heterocycles. The van der Waals surface area contributed by atoms with Gasteiger partial charge in [0.2, 0.25) is 0 Å². The van der Waals surface area contributed by atoms with E-state index in [-0.39, 0.29) is 29.4 Å². The molecule has 2 aromatic heterocycles. The van der Waals surface area contributed by atoms with Gasteiger partial charge >= 0.3 is 5.97 Å². The zero-order chi connectivity index (χ0) is 26.4. The molecule has 3 aromatic rings. The van der Waals surface area contributed by atoms with Gasteiger partial charge in [-0.05, 0) is 44.0 Å². The van der Waals surface area contributed by atoms with Gasteiger partial charge in [0, 0.05) is 29.2 Å². The van der Waals surface area contributed by atoms with E-state index in [1.54, 1.807) is 19.2 Å². The molecule has 0 bridgehead atoms. The van der Waals surface area contributed by atoms with Crippen molar-refractivity contribution in [3.63, 3.8) is 0 Å². The number of amides is 1. The predicted molar refractivity (Wildman–Crippen MR) is 136 cm³/mol. The number of nitrogens with two attached hydrogens (primary N) is 1. The molecule has 0 spiro atoms. The van der Waals surface area contributed by atoms with Crippen LogP contribution in [0.5, 0.6) is 0 Å². The van der Waals surface area contributed by atoms with Gasteiger partial charge < -0.3 is 21.1 Å². The maximum Gasteiger partial charge on any atom is 0.322 e. The van der Waals surface area contributed by atoms with E-state index in [1.165, 1.54) is 37.5 Å². The Hall–Kier alpha value is -3.63. The number of carbonyl (C=O) groups is 2. The van der Waals surface area contributed by atoms with E-state index in [0.29, 0.717) is 16.5 Å². The minimum atomic E-state index is -0.759. The Morgan fingerprint density at radius 3 is 2.61 bits per heavy atom. The normalized spacial score (nSPS) is 12.7. The molecule has 0 aliphatic rings. The first-order valence-electron chi connectivity index (χ1n) is 11.3. The Balaban J connectivity index is 1.87. The molecule has 9 nitrogen and oxygen atoms in total. The average Bonchev–Trinajstić information content (AvgIpc) is 2.84. The molecule has 190 valence electrons. The van der Waals surface area contributed by atoms with Crippen LogP contribution in [0, 0.1) is 5.82 Å². The van der Waals surface area contributed by atoms with Crippen LogP contribution in [0.3, 0.4) is 0 Å². The van der Waals surface area contributed by atoms with Gasteiger partial charge in [-0.1, -0.05) is 25.4 Å². The molecule has 1 aromatic carbocycles. The second-order valence-corrected chi connectivity index (χ2v) is 9.01. The molecule has 4 N–H and O–H groups in total. The van der Waals surface area contributed by atoms with Gasteiger partial charge in [0.15, 0.2) is 5.82 Å². The summed E-state index contributed by atoms with van der Waals surface area (Å²) in [6, 6.07) is 5.02. The van der Waals surface area contributed by atoms with E-state index in [9.17, 15) is 14.0 Å². The van der Waals surface area contributed by atoms with Crippen LogP contribution in [0.15, 0.2) is 42.9 Å². The van der Waals surface area contributed by atoms with Crippen LogP contribution in [-0.2, 0) is 9.53 Å². The number of hydrogen-bond acceptors (Lipinski definition) is 8. The lowest BCUT2D eigenvalue weighted by Crippen LogP contribution is -2.37. The molecule has 2 atom stereocenters. The van der Waals surface area contributed by atoms with Crippen molar-refractivity contribution in [3.8, 4) is 11.4 Å². The molecule has 0 aliphatic carbocycles. The monoisotopic (exact) mass is 514 g/mol. The number of benzene rings is 1. The number of carbonyl (C=O) groups excluding carboxylic acids is 2. The number of ether oxygens (including phenoxy) is 1. The molecule has 0 saturated carbocycles. The maximum absolute atomic E-state index is 14.5. The highest BCUT2D eigenvalue weighted by atomic mass is 35.5. The SMILES string of the molecule is CC(C)c1cnc(-c2cc(Cl)ccc2F)nc1Nc1ccncc1C(=O)NC[C@H](C)OC(=O)[C@@H](C)N. The lowest BCUT2D eigenvalue weighted by molar-refractivity contribution is -0.149. The van der Waals surface area contributed by atoms with Crippen molar-refractivity contribution in [1.82, 2.24) is 20.3 Å². The van der Waals surface area contributed by atoms with Gasteiger partial charge in [-0.15, -0.1) is 0 Å². The number of aromatic nitrogens is 3. The fraction of sp³-hybridized carbons (Fsp3) is 0.320. The highest BCUT2D eigenvalue weighted by molar-refractivity contribution is 6.30. The molecule has 0 fully saturated rings. The van der Waals surface area contributed by atoms with E-state index < -0.39 is 29.8 Å². The number of nitrogens with zero attached hydrogens (tertiary/aromatic N) is 3. The summed E-state index contributed by atoms with van der Waals surface area (Å²) in [4.78, 5) is 37.5. The fourth-order valence-electron chi connectivity index (χ4n) is 3.20. The number of nitrogens with one attached hydrogen (secondary N) is 2. The third-order valence-electron chi connectivity index (χ3n) is 5.17. The quantitative estimate of drug-likeness (QED) is 0.362. The van der Waals surface area contributed by atoms with Crippen LogP contribution in [-0.4, -0.2) is 45.5 Å². The van der Waals surface area contributed by atoms with Crippen LogP contribution in [0.25, 0.3) is 11.4 Å². The van der Waals surface area contributed by atoms with Gasteiger partial charge in [0.1, 0.15) is 23.8 Å². The molecule has 36 heavy (non-hydrogen) atoms. The molecular formula is C25H28ClFN6O3. The van der Waals surface area contributed by atoms with Crippen molar-refractivity contribution in [3.05, 3.63) is 64.8 Å². The van der Waals surface area contributed by atoms with Crippen molar-refractivity contribution < 1.29 is 18.7 Å². The van der Waals surface area contributed by atoms with E-state index in [2.05, 4.69) is 25.6 Å². The zero-order valence-corrected chi connectivity index (χ0v) is 21.1. The van der Waals surface area contributed by atoms with Gasteiger partial charge in [-0.3, -0.25) is 14.6 Å². The Morgan fingerprint density at radius 2 is 1.92 bits per heavy atom. The van der Waals surface area contributed by atoms with Crippen molar-refractivity contribution in [2.75, 3.05) is 11.9 Å². The lowest BCUT2D eigenvalue weighted by atomic mass is 10.1. The third kappa shape index (κ3) is 6.73. The molecular weight excluding hydrogens is 487 g/mol. The zero-order valence-electron chi connectivity index (χ0n) is 20.4. The third-order valence-corrected chi connectivity index (χ3v) is 5.40. The Kier molecular flexibility index (Phi) is 8.89. The van der Waals surface area contributed by atoms with Crippen molar-refractivity contribution in [1.29, 1.82) is 0 Å². The molecule has 0 radical (unpaired) electrons. The summed E-state index contributed by atoms with van der Waals surface area (Å²) in [5, 5.41) is 6.25. The lowest BCUT2D eigenvalue weighted by Gasteiger charge is -2.18. The first-order valence-corrected chi connectivity index (χ1v) is 11.7. The Labute approximate surface area is 213 Å². The largest absolute Gasteiger partial charge is 0.460 e. The highest BCUT2D eigenvalue weighted by Gasteiger charge is 2.19. The van der Waals surface area contributed by atoms with Crippen LogP contribution in [0.1, 0.15) is 49.5 Å². The van der Waals surface area contributed by atoms with Crippen molar-refractivity contribution >= 4 is 35.0 Å². The van der Waals surface area contributed by atoms with Crippen molar-refractivity contribution in [2.45, 2.75) is 45.8 Å². The summed E-state index contributed by atoms with van der Waals surface area (Å²) in [6.45, 7) is 7.18. The van der Waals surface area contributed by atoms with Gasteiger partial charge in [0.05, 0.1) is 23.4 Å². The van der Waals surface area contributed by atoms with Crippen LogP contribution < -0.4 is 16.4 Å². The summed E-state index contributed by atoms with van der Waals surface area (Å²) in [5.41, 5.74) is 7.10. The first-order chi connectivity index (χ1) is 17.1. The number of halogens is 2. The van der Waals surface area contributed by atoms with Crippen LogP contribution >= 0.6 is 11.6 Å². The smallest absolute Gasteiger partial charge is 0.322 e. The molecule has 11 heteroatoms. The van der Waals surface area contributed by atoms with E-state index >= 15 is 0 Å². The number of rotatable bonds is 9. The van der Waals surface area contributed by atoms with Gasteiger partial charge in [-0.25, -0.2) is 14.4 Å². The molecule has 1 amide bonds. The van der Waals surface area contributed by atoms with E-state index in [1.807, 2.05) is 13.8 Å². The van der Waals surface area contributed by atoms with E-state index in [0.717, 1.165) is 5.56 Å². The molecule has 0 saturated heterocycles. The van der Waals surface area contributed by atoms with Gasteiger partial charge in [0.25, 0.3) is 5.91 Å². The summed E-state index contributed by atoms with van der Waals surface area (Å²) in [7, 11) is 0. The number of anilines is 2. The fourth-order valence-corrected chi connectivity index (χ4v) is 3.38. The second-order valence-electron chi connectivity index (χ2n) is 8.57. The van der Waals surface area contributed by atoms with Crippen LogP contribution in [0.2, 0.25) is 5.02 Å². The topological polar surface area (TPSA) is 132 Å². The first kappa shape index (κ1) is 27.0. The number of hydrogen-bond donors (Lipinski definition) is 3.